The number of aromatic nitrogens is 3. The quantitative estimate of drug-likeness (QED) is 0.0661. The van der Waals surface area contributed by atoms with Crippen LogP contribution >= 0.6 is 23.4 Å². The first-order valence-corrected chi connectivity index (χ1v) is 22.2. The molecular weight excluding hydrogens is 746 g/mol. The van der Waals surface area contributed by atoms with E-state index in [-0.39, 0.29) is 11.6 Å². The Morgan fingerprint density at radius 1 is 1.07 bits per heavy atom. The molecule has 55 heavy (non-hydrogen) atoms. The number of esters is 1. The summed E-state index contributed by atoms with van der Waals surface area (Å²) in [5.41, 5.74) is 14.3. The molecule has 9 nitrogen and oxygen atoms in total. The lowest BCUT2D eigenvalue weighted by Crippen LogP contribution is -2.67. The van der Waals surface area contributed by atoms with Crippen LogP contribution in [0, 0.1) is 0 Å². The average Bonchev–Trinajstić information content (AvgIpc) is 3.85. The fourth-order valence-corrected chi connectivity index (χ4v) is 13.7. The molecule has 0 radical (unpaired) electrons. The van der Waals surface area contributed by atoms with E-state index in [2.05, 4.69) is 79.0 Å². The maximum Gasteiger partial charge on any atom is 0.354 e. The minimum Gasteiger partial charge on any atom is -0.464 e. The highest BCUT2D eigenvalue weighted by atomic mass is 35.5. The zero-order chi connectivity index (χ0) is 39.3. The second kappa shape index (κ2) is 17.3. The summed E-state index contributed by atoms with van der Waals surface area (Å²) >= 11 is 8.77. The molecule has 2 aromatic heterocycles. The van der Waals surface area contributed by atoms with Crippen molar-refractivity contribution in [1.82, 2.24) is 14.3 Å². The number of aliphatic hydroxyl groups is 1. The summed E-state index contributed by atoms with van der Waals surface area (Å²) in [5, 5.41) is 18.5. The number of aryl methyl sites for hydroxylation is 3. The van der Waals surface area contributed by atoms with E-state index in [4.69, 9.17) is 31.6 Å². The average molecular weight is 799 g/mol. The number of nitrogens with zero attached hydrogens (tertiary/aromatic N) is 4. The van der Waals surface area contributed by atoms with Gasteiger partial charge in [0.1, 0.15) is 5.69 Å². The highest BCUT2D eigenvalue weighted by molar-refractivity contribution is 7.98. The third kappa shape index (κ3) is 7.95. The number of benzene rings is 3. The number of nitrogens with two attached hydrogens (primary N) is 1. The zero-order valence-electron chi connectivity index (χ0n) is 32.7. The summed E-state index contributed by atoms with van der Waals surface area (Å²) in [5.74, 6) is 0.762. The van der Waals surface area contributed by atoms with Crippen LogP contribution in [-0.4, -0.2) is 72.6 Å². The van der Waals surface area contributed by atoms with Crippen molar-refractivity contribution in [3.63, 3.8) is 0 Å². The Labute approximate surface area is 334 Å². The summed E-state index contributed by atoms with van der Waals surface area (Å²) in [6, 6.07) is 25.1. The van der Waals surface area contributed by atoms with Gasteiger partial charge >= 0.3 is 5.97 Å². The molecule has 0 saturated heterocycles. The number of hydrogen-bond donors (Lipinski definition) is 2. The third-order valence-corrected chi connectivity index (χ3v) is 16.8. The van der Waals surface area contributed by atoms with Crippen molar-refractivity contribution in [2.75, 3.05) is 33.1 Å². The fourth-order valence-electron chi connectivity index (χ4n) is 8.12. The Balaban J connectivity index is 1.27. The maximum absolute atomic E-state index is 13.1. The molecule has 0 aliphatic carbocycles. The number of carbonyl (C=O) groups is 1. The SMILES string of the molecule is CN=C(/C=C(\N)CSCc1nn2c(c1-c1c(Cl)ccc3c(CCCO)c(C(=O)OC)n(C)c13)CCC2)CO[Si](c1ccccc1)(c1ccccc1)C(C)(C)C. The molecule has 3 aromatic carbocycles. The van der Waals surface area contributed by atoms with Crippen LogP contribution in [0.25, 0.3) is 22.0 Å². The van der Waals surface area contributed by atoms with Crippen LogP contribution in [0.5, 0.6) is 0 Å². The Kier molecular flexibility index (Phi) is 12.8. The highest BCUT2D eigenvalue weighted by Crippen LogP contribution is 2.44. The molecule has 6 rings (SSSR count). The third-order valence-electron chi connectivity index (χ3n) is 10.5. The highest BCUT2D eigenvalue weighted by Gasteiger charge is 2.50. The van der Waals surface area contributed by atoms with Gasteiger partial charge in [-0.15, -0.1) is 11.8 Å². The lowest BCUT2D eigenvalue weighted by molar-refractivity contribution is 0.0589. The minimum atomic E-state index is -2.75. The summed E-state index contributed by atoms with van der Waals surface area (Å²) < 4.78 is 16.3. The van der Waals surface area contributed by atoms with Crippen LogP contribution in [0.3, 0.4) is 0 Å². The Bertz CT molecular complexity index is 2170. The number of hydrogen-bond acceptors (Lipinski definition) is 8. The van der Waals surface area contributed by atoms with Crippen molar-refractivity contribution in [1.29, 1.82) is 0 Å². The van der Waals surface area contributed by atoms with E-state index in [0.717, 1.165) is 64.1 Å². The maximum atomic E-state index is 13.1. The first kappa shape index (κ1) is 40.5. The molecule has 12 heteroatoms. The lowest BCUT2D eigenvalue weighted by Gasteiger charge is -2.43. The number of fused-ring (bicyclic) bond motifs is 2. The monoisotopic (exact) mass is 797 g/mol. The lowest BCUT2D eigenvalue weighted by atomic mass is 9.97. The number of aliphatic imine (C=N–C) groups is 1. The van der Waals surface area contributed by atoms with Gasteiger partial charge in [0.05, 0.1) is 35.7 Å². The van der Waals surface area contributed by atoms with Gasteiger partial charge in [-0.1, -0.05) is 99.1 Å². The van der Waals surface area contributed by atoms with E-state index in [1.165, 1.54) is 17.5 Å². The summed E-state index contributed by atoms with van der Waals surface area (Å²) in [6.07, 6.45) is 4.89. The van der Waals surface area contributed by atoms with Gasteiger partial charge in [-0.2, -0.15) is 5.10 Å². The van der Waals surface area contributed by atoms with Gasteiger partial charge in [-0.3, -0.25) is 9.67 Å². The van der Waals surface area contributed by atoms with Gasteiger partial charge in [0.25, 0.3) is 8.32 Å². The van der Waals surface area contributed by atoms with Crippen LogP contribution in [0.4, 0.5) is 0 Å². The molecule has 1 aliphatic heterocycles. The molecule has 3 heterocycles. The molecular formula is C43H52ClN5O4SSi. The fraction of sp³-hybridized carbons (Fsp3) is 0.372. The molecule has 0 fully saturated rings. The number of methoxy groups -OCH3 is 1. The number of aliphatic hydroxyl groups excluding tert-OH is 1. The topological polar surface area (TPSA) is 117 Å². The number of rotatable bonds is 15. The van der Waals surface area contributed by atoms with Crippen molar-refractivity contribution in [2.24, 2.45) is 17.8 Å². The van der Waals surface area contributed by atoms with Gasteiger partial charge < -0.3 is 24.6 Å². The smallest absolute Gasteiger partial charge is 0.354 e. The van der Waals surface area contributed by atoms with Crippen molar-refractivity contribution in [3.8, 4) is 11.1 Å². The summed E-state index contributed by atoms with van der Waals surface area (Å²) in [6.45, 7) is 7.99. The molecule has 3 N–H and O–H groups in total. The van der Waals surface area contributed by atoms with Crippen molar-refractivity contribution in [3.05, 3.63) is 112 Å². The molecule has 0 spiro atoms. The first-order chi connectivity index (χ1) is 26.5. The van der Waals surface area contributed by atoms with Crippen molar-refractivity contribution in [2.45, 2.75) is 63.8 Å². The van der Waals surface area contributed by atoms with Gasteiger partial charge in [-0.05, 0) is 58.8 Å². The molecule has 5 aromatic rings. The van der Waals surface area contributed by atoms with Crippen LogP contribution < -0.4 is 16.1 Å². The van der Waals surface area contributed by atoms with E-state index < -0.39 is 14.3 Å². The largest absolute Gasteiger partial charge is 0.464 e. The molecule has 0 unspecified atom stereocenters. The summed E-state index contributed by atoms with van der Waals surface area (Å²) in [4.78, 5) is 17.7. The van der Waals surface area contributed by atoms with Crippen molar-refractivity contribution >= 4 is 64.6 Å². The molecule has 0 saturated carbocycles. The van der Waals surface area contributed by atoms with E-state index >= 15 is 0 Å². The normalized spacial score (nSPS) is 13.8. The molecule has 1 aliphatic rings. The Morgan fingerprint density at radius 3 is 2.35 bits per heavy atom. The standard InChI is InChI=1S/C43H52ClN5O4SSi/c1-43(2,3)55(31-15-9-7-10-16-31,32-17-11-8-12-18-32)53-26-30(46-4)25-29(45)27-54-28-36-39(37-20-13-23-49(37)47-36)38-35(44)22-21-34-33(19-14-24-50)41(42(51)52-6)48(5)40(34)38/h7-12,15-18,21-22,25,50H,13-14,19-20,23-24,26-28,45H2,1-6H3/b29-25-,46-30?. The number of halogens is 1. The van der Waals surface area contributed by atoms with E-state index in [1.807, 2.05) is 42.0 Å². The molecule has 0 atom stereocenters. The van der Waals surface area contributed by atoms with E-state index in [1.54, 1.807) is 18.8 Å². The second-order valence-corrected chi connectivity index (χ2v) is 20.7. The van der Waals surface area contributed by atoms with Gasteiger partial charge in [0.15, 0.2) is 0 Å². The molecule has 0 amide bonds. The number of carbonyl (C=O) groups excluding carboxylic acids is 1. The van der Waals surface area contributed by atoms with Gasteiger partial charge in [0, 0.05) is 66.7 Å². The Hall–Kier alpha value is -4.13. The predicted molar refractivity (Wildman–Crippen MR) is 230 cm³/mol. The number of thioether (sulfide) groups is 1. The second-order valence-electron chi connectivity index (χ2n) is 15.0. The summed E-state index contributed by atoms with van der Waals surface area (Å²) in [7, 11) is 2.31. The zero-order valence-corrected chi connectivity index (χ0v) is 35.3. The number of ether oxygens (including phenoxy) is 1. The predicted octanol–water partition coefficient (Wildman–Crippen LogP) is 7.08. The first-order valence-electron chi connectivity index (χ1n) is 18.8. The van der Waals surface area contributed by atoms with E-state index in [9.17, 15) is 9.90 Å². The van der Waals surface area contributed by atoms with Crippen molar-refractivity contribution < 1.29 is 19.1 Å². The van der Waals surface area contributed by atoms with Gasteiger partial charge in [-0.25, -0.2) is 4.79 Å². The Morgan fingerprint density at radius 2 is 1.75 bits per heavy atom. The van der Waals surface area contributed by atoms with Crippen LogP contribution in [0.15, 0.2) is 89.6 Å². The van der Waals surface area contributed by atoms with Gasteiger partial charge in [0.2, 0.25) is 0 Å². The van der Waals surface area contributed by atoms with Crippen LogP contribution in [0.1, 0.15) is 61.1 Å². The van der Waals surface area contributed by atoms with E-state index in [0.29, 0.717) is 47.4 Å². The molecule has 290 valence electrons. The van der Waals surface area contributed by atoms with Crippen LogP contribution in [0.2, 0.25) is 10.1 Å². The minimum absolute atomic E-state index is 0.0206. The van der Waals surface area contributed by atoms with Crippen LogP contribution in [-0.2, 0) is 41.3 Å². The molecule has 0 bridgehead atoms.